The lowest BCUT2D eigenvalue weighted by Crippen LogP contribution is -2.03. The van der Waals surface area contributed by atoms with Gasteiger partial charge in [-0.15, -0.1) is 0 Å². The number of nitrogens with one attached hydrogen (secondary N) is 3. The molecule has 0 aliphatic carbocycles. The van der Waals surface area contributed by atoms with Crippen LogP contribution < -0.4 is 11.1 Å². The SMILES string of the molecule is Cc1n[nH]c(C)c1-c1n[nH]c(CNc2ccccc2N)n1. The minimum absolute atomic E-state index is 0.525. The van der Waals surface area contributed by atoms with Gasteiger partial charge in [0.2, 0.25) is 0 Å². The van der Waals surface area contributed by atoms with E-state index in [9.17, 15) is 0 Å². The quantitative estimate of drug-likeness (QED) is 0.548. The molecule has 3 rings (SSSR count). The van der Waals surface area contributed by atoms with Gasteiger partial charge >= 0.3 is 0 Å². The predicted octanol–water partition coefficient (Wildman–Crippen LogP) is 2.01. The van der Waals surface area contributed by atoms with Crippen LogP contribution in [0.15, 0.2) is 24.3 Å². The van der Waals surface area contributed by atoms with Crippen LogP contribution in [0.1, 0.15) is 17.2 Å². The van der Waals surface area contributed by atoms with Crippen molar-refractivity contribution in [1.82, 2.24) is 25.4 Å². The Morgan fingerprint density at radius 2 is 1.95 bits per heavy atom. The fourth-order valence-corrected chi connectivity index (χ4v) is 2.20. The number of hydrogen-bond donors (Lipinski definition) is 4. The molecule has 1 aromatic carbocycles. The molecule has 3 aromatic rings. The maximum absolute atomic E-state index is 5.89. The van der Waals surface area contributed by atoms with Crippen molar-refractivity contribution in [3.05, 3.63) is 41.5 Å². The van der Waals surface area contributed by atoms with Crippen molar-refractivity contribution < 1.29 is 0 Å². The van der Waals surface area contributed by atoms with E-state index >= 15 is 0 Å². The summed E-state index contributed by atoms with van der Waals surface area (Å²) in [5.74, 6) is 1.39. The van der Waals surface area contributed by atoms with Crippen molar-refractivity contribution in [2.45, 2.75) is 20.4 Å². The van der Waals surface area contributed by atoms with Gasteiger partial charge in [-0.2, -0.15) is 10.2 Å². The molecular weight excluding hydrogens is 266 g/mol. The highest BCUT2D eigenvalue weighted by molar-refractivity contribution is 5.65. The first-order valence-corrected chi connectivity index (χ1v) is 6.66. The van der Waals surface area contributed by atoms with Crippen LogP contribution in [0.25, 0.3) is 11.4 Å². The van der Waals surface area contributed by atoms with E-state index in [0.717, 1.165) is 28.5 Å². The van der Waals surface area contributed by atoms with E-state index in [4.69, 9.17) is 5.73 Å². The maximum atomic E-state index is 5.89. The molecule has 0 amide bonds. The van der Waals surface area contributed by atoms with E-state index in [1.165, 1.54) is 0 Å². The van der Waals surface area contributed by atoms with Crippen LogP contribution in [0.2, 0.25) is 0 Å². The van der Waals surface area contributed by atoms with Gasteiger partial charge in [-0.25, -0.2) is 4.98 Å². The Bertz CT molecular complexity index is 737. The van der Waals surface area contributed by atoms with Gasteiger partial charge in [0.1, 0.15) is 5.82 Å². The number of nitrogens with zero attached hydrogens (tertiary/aromatic N) is 3. The predicted molar refractivity (Wildman–Crippen MR) is 81.6 cm³/mol. The molecular formula is C14H17N7. The summed E-state index contributed by atoms with van der Waals surface area (Å²) in [6.07, 6.45) is 0. The fourth-order valence-electron chi connectivity index (χ4n) is 2.20. The second-order valence-electron chi connectivity index (χ2n) is 4.86. The number of nitrogens with two attached hydrogens (primary N) is 1. The highest BCUT2D eigenvalue weighted by Gasteiger charge is 2.14. The molecule has 7 nitrogen and oxygen atoms in total. The number of anilines is 2. The molecule has 0 unspecified atom stereocenters. The van der Waals surface area contributed by atoms with Crippen LogP contribution in [0.3, 0.4) is 0 Å². The van der Waals surface area contributed by atoms with E-state index in [1.54, 1.807) is 0 Å². The first-order chi connectivity index (χ1) is 10.1. The zero-order valence-corrected chi connectivity index (χ0v) is 11.9. The van der Waals surface area contributed by atoms with Crippen LogP contribution in [-0.4, -0.2) is 25.4 Å². The molecule has 21 heavy (non-hydrogen) atoms. The Kier molecular flexibility index (Phi) is 3.31. The molecule has 0 radical (unpaired) electrons. The van der Waals surface area contributed by atoms with E-state index < -0.39 is 0 Å². The highest BCUT2D eigenvalue weighted by Crippen LogP contribution is 2.22. The Morgan fingerprint density at radius 1 is 1.14 bits per heavy atom. The molecule has 0 saturated carbocycles. The van der Waals surface area contributed by atoms with Gasteiger partial charge in [-0.1, -0.05) is 12.1 Å². The van der Waals surface area contributed by atoms with Crippen molar-refractivity contribution in [3.8, 4) is 11.4 Å². The number of para-hydroxylation sites is 2. The molecule has 0 saturated heterocycles. The normalized spacial score (nSPS) is 10.8. The lowest BCUT2D eigenvalue weighted by Gasteiger charge is -2.06. The number of hydrogen-bond acceptors (Lipinski definition) is 5. The van der Waals surface area contributed by atoms with Crippen LogP contribution in [0.5, 0.6) is 0 Å². The van der Waals surface area contributed by atoms with Crippen LogP contribution in [0.4, 0.5) is 11.4 Å². The summed E-state index contributed by atoms with van der Waals surface area (Å²) in [5.41, 5.74) is 10.3. The van der Waals surface area contributed by atoms with Gasteiger partial charge in [-0.3, -0.25) is 10.2 Å². The third kappa shape index (κ3) is 2.58. The smallest absolute Gasteiger partial charge is 0.184 e. The first-order valence-electron chi connectivity index (χ1n) is 6.66. The molecule has 7 heteroatoms. The second-order valence-corrected chi connectivity index (χ2v) is 4.86. The summed E-state index contributed by atoms with van der Waals surface area (Å²) >= 11 is 0. The molecule has 2 aromatic heterocycles. The second kappa shape index (κ2) is 5.28. The summed E-state index contributed by atoms with van der Waals surface area (Å²) < 4.78 is 0. The van der Waals surface area contributed by atoms with Gasteiger partial charge < -0.3 is 11.1 Å². The van der Waals surface area contributed by atoms with Crippen molar-refractivity contribution in [2.24, 2.45) is 0 Å². The van der Waals surface area contributed by atoms with Crippen molar-refractivity contribution in [1.29, 1.82) is 0 Å². The average Bonchev–Trinajstić information content (AvgIpc) is 3.05. The van der Waals surface area contributed by atoms with Crippen molar-refractivity contribution >= 4 is 11.4 Å². The van der Waals surface area contributed by atoms with E-state index in [2.05, 4.69) is 30.7 Å². The van der Waals surface area contributed by atoms with Gasteiger partial charge in [0, 0.05) is 5.69 Å². The molecule has 0 atom stereocenters. The van der Waals surface area contributed by atoms with Crippen molar-refractivity contribution in [3.63, 3.8) is 0 Å². The maximum Gasteiger partial charge on any atom is 0.184 e. The standard InChI is InChI=1S/C14H17N7/c1-8-13(9(2)19-18-8)14-17-12(20-21-14)7-16-11-6-4-3-5-10(11)15/h3-6,16H,7,15H2,1-2H3,(H,18,19)(H,17,20,21). The molecule has 0 bridgehead atoms. The summed E-state index contributed by atoms with van der Waals surface area (Å²) in [6.45, 7) is 4.41. The zero-order chi connectivity index (χ0) is 14.8. The molecule has 0 spiro atoms. The van der Waals surface area contributed by atoms with E-state index in [0.29, 0.717) is 18.1 Å². The van der Waals surface area contributed by atoms with Gasteiger partial charge in [0.15, 0.2) is 5.82 Å². The summed E-state index contributed by atoms with van der Waals surface area (Å²) in [7, 11) is 0. The Labute approximate surface area is 122 Å². The topological polar surface area (TPSA) is 108 Å². The Hall–Kier alpha value is -2.83. The molecule has 108 valence electrons. The van der Waals surface area contributed by atoms with Crippen LogP contribution in [-0.2, 0) is 6.54 Å². The van der Waals surface area contributed by atoms with E-state index in [1.807, 2.05) is 38.1 Å². The number of nitrogen functional groups attached to an aromatic ring is 1. The minimum atomic E-state index is 0.525. The van der Waals surface area contributed by atoms with Gasteiger partial charge in [-0.05, 0) is 26.0 Å². The molecule has 0 aliphatic heterocycles. The number of aromatic amines is 2. The fraction of sp³-hybridized carbons (Fsp3) is 0.214. The van der Waals surface area contributed by atoms with Crippen molar-refractivity contribution in [2.75, 3.05) is 11.1 Å². The largest absolute Gasteiger partial charge is 0.397 e. The number of aryl methyl sites for hydroxylation is 2. The van der Waals surface area contributed by atoms with E-state index in [-0.39, 0.29) is 0 Å². The lowest BCUT2D eigenvalue weighted by atomic mass is 10.2. The molecule has 0 fully saturated rings. The highest BCUT2D eigenvalue weighted by atomic mass is 15.2. The first kappa shape index (κ1) is 13.2. The summed E-state index contributed by atoms with van der Waals surface area (Å²) in [5, 5.41) is 17.5. The molecule has 0 aliphatic rings. The number of aromatic nitrogens is 5. The third-order valence-electron chi connectivity index (χ3n) is 3.29. The monoisotopic (exact) mass is 283 g/mol. The number of rotatable bonds is 4. The number of H-pyrrole nitrogens is 2. The number of benzene rings is 1. The van der Waals surface area contributed by atoms with Gasteiger partial charge in [0.05, 0.1) is 29.2 Å². The van der Waals surface area contributed by atoms with Crippen LogP contribution in [0, 0.1) is 13.8 Å². The minimum Gasteiger partial charge on any atom is -0.397 e. The Balaban J connectivity index is 1.76. The summed E-state index contributed by atoms with van der Waals surface area (Å²) in [6, 6.07) is 7.61. The zero-order valence-electron chi connectivity index (χ0n) is 11.9. The Morgan fingerprint density at radius 3 is 2.67 bits per heavy atom. The van der Waals surface area contributed by atoms with Gasteiger partial charge in [0.25, 0.3) is 0 Å². The molecule has 5 N–H and O–H groups in total. The lowest BCUT2D eigenvalue weighted by molar-refractivity contribution is 0.955. The third-order valence-corrected chi connectivity index (χ3v) is 3.29. The van der Waals surface area contributed by atoms with Crippen LogP contribution >= 0.6 is 0 Å². The molecule has 2 heterocycles. The average molecular weight is 283 g/mol. The summed E-state index contributed by atoms with van der Waals surface area (Å²) in [4.78, 5) is 4.49.